The van der Waals surface area contributed by atoms with Gasteiger partial charge in [-0.15, -0.1) is 0 Å². The Kier molecular flexibility index (Phi) is 6.78. The number of fused-ring (bicyclic) bond motifs is 1. The maximum absolute atomic E-state index is 12.9. The smallest absolute Gasteiger partial charge is 0.387 e. The number of nitrogens with zero attached hydrogens (tertiary/aromatic N) is 6. The lowest BCUT2D eigenvalue weighted by Crippen LogP contribution is -2.48. The van der Waals surface area contributed by atoms with Gasteiger partial charge >= 0.3 is 6.61 Å². The molecule has 0 spiro atoms. The van der Waals surface area contributed by atoms with Gasteiger partial charge in [0.25, 0.3) is 0 Å². The number of rotatable bonds is 7. The molecule has 1 fully saturated rings. The van der Waals surface area contributed by atoms with Gasteiger partial charge < -0.3 is 9.64 Å². The van der Waals surface area contributed by atoms with Gasteiger partial charge in [0.2, 0.25) is 16.0 Å². The SMILES string of the molecule is Cc1nn2ccc(-c3cnc(N4CCN(S(C)(=O)=O)CC4)nc3)cc2c1Cc1ccccc1OC(F)F. The molecule has 0 saturated carbocycles. The number of anilines is 1. The number of hydrogen-bond acceptors (Lipinski definition) is 7. The molecule has 0 aliphatic carbocycles. The monoisotopic (exact) mass is 528 g/mol. The average Bonchev–Trinajstić information content (AvgIpc) is 3.18. The maximum atomic E-state index is 12.9. The minimum Gasteiger partial charge on any atom is -0.435 e. The Morgan fingerprint density at radius 3 is 2.41 bits per heavy atom. The summed E-state index contributed by atoms with van der Waals surface area (Å²) in [5.41, 5.74) is 4.90. The molecule has 9 nitrogen and oxygen atoms in total. The van der Waals surface area contributed by atoms with Gasteiger partial charge in [-0.05, 0) is 36.2 Å². The summed E-state index contributed by atoms with van der Waals surface area (Å²) in [6, 6.07) is 10.7. The van der Waals surface area contributed by atoms with E-state index in [1.165, 1.54) is 16.6 Å². The first-order chi connectivity index (χ1) is 17.7. The topological polar surface area (TPSA) is 92.9 Å². The fourth-order valence-electron chi connectivity index (χ4n) is 4.52. The summed E-state index contributed by atoms with van der Waals surface area (Å²) >= 11 is 0. The Balaban J connectivity index is 1.39. The first-order valence-electron chi connectivity index (χ1n) is 11.7. The predicted octanol–water partition coefficient (Wildman–Crippen LogP) is 3.37. The fraction of sp³-hybridized carbons (Fsp3) is 0.320. The molecular weight excluding hydrogens is 502 g/mol. The number of ether oxygens (including phenoxy) is 1. The van der Waals surface area contributed by atoms with E-state index in [0.717, 1.165) is 27.9 Å². The van der Waals surface area contributed by atoms with Crippen LogP contribution in [0.4, 0.5) is 14.7 Å². The van der Waals surface area contributed by atoms with Crippen molar-refractivity contribution in [1.29, 1.82) is 0 Å². The molecule has 3 aromatic heterocycles. The van der Waals surface area contributed by atoms with Gasteiger partial charge in [-0.2, -0.15) is 18.2 Å². The molecule has 194 valence electrons. The number of alkyl halides is 2. The van der Waals surface area contributed by atoms with Crippen LogP contribution in [0.5, 0.6) is 5.75 Å². The first-order valence-corrected chi connectivity index (χ1v) is 13.6. The van der Waals surface area contributed by atoms with Crippen molar-refractivity contribution >= 4 is 21.5 Å². The van der Waals surface area contributed by atoms with Crippen LogP contribution in [0.3, 0.4) is 0 Å². The molecule has 5 rings (SSSR count). The van der Waals surface area contributed by atoms with E-state index in [4.69, 9.17) is 4.74 Å². The first kappa shape index (κ1) is 25.0. The molecule has 0 radical (unpaired) electrons. The molecule has 37 heavy (non-hydrogen) atoms. The lowest BCUT2D eigenvalue weighted by molar-refractivity contribution is -0.0503. The molecule has 4 heterocycles. The van der Waals surface area contributed by atoms with E-state index in [1.54, 1.807) is 35.1 Å². The molecule has 1 aliphatic heterocycles. The van der Waals surface area contributed by atoms with Gasteiger partial charge in [-0.25, -0.2) is 22.9 Å². The summed E-state index contributed by atoms with van der Waals surface area (Å²) < 4.78 is 57.2. The molecule has 0 amide bonds. The lowest BCUT2D eigenvalue weighted by atomic mass is 10.0. The molecule has 0 unspecified atom stereocenters. The van der Waals surface area contributed by atoms with Crippen LogP contribution < -0.4 is 9.64 Å². The van der Waals surface area contributed by atoms with Crippen LogP contribution in [0.25, 0.3) is 16.6 Å². The maximum Gasteiger partial charge on any atom is 0.387 e. The summed E-state index contributed by atoms with van der Waals surface area (Å²) in [4.78, 5) is 11.0. The number of aryl methyl sites for hydroxylation is 1. The molecule has 4 aromatic rings. The van der Waals surface area contributed by atoms with Crippen molar-refractivity contribution in [2.24, 2.45) is 0 Å². The van der Waals surface area contributed by atoms with E-state index in [9.17, 15) is 17.2 Å². The van der Waals surface area contributed by atoms with Crippen molar-refractivity contribution in [2.45, 2.75) is 20.0 Å². The third-order valence-corrected chi connectivity index (χ3v) is 7.76. The molecule has 1 aromatic carbocycles. The Bertz CT molecular complexity index is 1520. The molecular formula is C25H26F2N6O3S. The highest BCUT2D eigenvalue weighted by atomic mass is 32.2. The number of halogens is 2. The van der Waals surface area contributed by atoms with Crippen molar-refractivity contribution in [3.8, 4) is 16.9 Å². The van der Waals surface area contributed by atoms with Crippen LogP contribution >= 0.6 is 0 Å². The summed E-state index contributed by atoms with van der Waals surface area (Å²) in [5, 5.41) is 4.58. The molecule has 0 atom stereocenters. The van der Waals surface area contributed by atoms with Crippen LogP contribution in [0.2, 0.25) is 0 Å². The van der Waals surface area contributed by atoms with Crippen LogP contribution in [0, 0.1) is 6.92 Å². The number of hydrogen-bond donors (Lipinski definition) is 0. The van der Waals surface area contributed by atoms with Gasteiger partial charge in [0.05, 0.1) is 17.5 Å². The van der Waals surface area contributed by atoms with E-state index in [0.29, 0.717) is 44.1 Å². The largest absolute Gasteiger partial charge is 0.435 e. The predicted molar refractivity (Wildman–Crippen MR) is 135 cm³/mol. The second-order valence-electron chi connectivity index (χ2n) is 8.89. The van der Waals surface area contributed by atoms with Crippen molar-refractivity contribution < 1.29 is 21.9 Å². The van der Waals surface area contributed by atoms with Crippen LogP contribution in [-0.2, 0) is 16.4 Å². The number of para-hydroxylation sites is 1. The van der Waals surface area contributed by atoms with Gasteiger partial charge in [-0.3, -0.25) is 0 Å². The highest BCUT2D eigenvalue weighted by molar-refractivity contribution is 7.88. The van der Waals surface area contributed by atoms with Crippen LogP contribution in [0.1, 0.15) is 16.8 Å². The van der Waals surface area contributed by atoms with Crippen LogP contribution in [-0.4, -0.2) is 71.4 Å². The molecule has 0 N–H and O–H groups in total. The number of aromatic nitrogens is 4. The standard InChI is InChI=1S/C25H26F2N6O3S/c1-17-21(13-19-5-3-4-6-23(19)36-24(26)27)22-14-18(7-8-33(22)30-17)20-15-28-25(29-16-20)31-9-11-32(12-10-31)37(2,34)35/h3-8,14-16,24H,9-13H2,1-2H3. The zero-order chi connectivity index (χ0) is 26.2. The van der Waals surface area contributed by atoms with Crippen LogP contribution in [0.15, 0.2) is 55.0 Å². The molecule has 12 heteroatoms. The van der Waals surface area contributed by atoms with Gasteiger partial charge in [0, 0.05) is 62.3 Å². The zero-order valence-corrected chi connectivity index (χ0v) is 21.2. The minimum atomic E-state index is -3.20. The average molecular weight is 529 g/mol. The highest BCUT2D eigenvalue weighted by Crippen LogP contribution is 2.29. The third kappa shape index (κ3) is 5.39. The van der Waals surface area contributed by atoms with Crippen molar-refractivity contribution in [3.63, 3.8) is 0 Å². The zero-order valence-electron chi connectivity index (χ0n) is 20.4. The van der Waals surface area contributed by atoms with E-state index >= 15 is 0 Å². The fourth-order valence-corrected chi connectivity index (χ4v) is 5.34. The van der Waals surface area contributed by atoms with E-state index in [2.05, 4.69) is 15.1 Å². The Morgan fingerprint density at radius 1 is 1.03 bits per heavy atom. The summed E-state index contributed by atoms with van der Waals surface area (Å²) in [6.45, 7) is 0.829. The number of pyridine rings is 1. The summed E-state index contributed by atoms with van der Waals surface area (Å²) in [5.74, 6) is 0.697. The second-order valence-corrected chi connectivity index (χ2v) is 10.9. The lowest BCUT2D eigenvalue weighted by Gasteiger charge is -2.33. The molecule has 1 saturated heterocycles. The van der Waals surface area contributed by atoms with Gasteiger partial charge in [0.15, 0.2) is 0 Å². The second kappa shape index (κ2) is 10.0. The van der Waals surface area contributed by atoms with E-state index in [-0.39, 0.29) is 5.75 Å². The van der Waals surface area contributed by atoms with Crippen molar-refractivity contribution in [3.05, 3.63) is 71.8 Å². The van der Waals surface area contributed by atoms with Crippen molar-refractivity contribution in [2.75, 3.05) is 37.3 Å². The summed E-state index contributed by atoms with van der Waals surface area (Å²) in [6.07, 6.45) is 6.93. The Morgan fingerprint density at radius 2 is 1.73 bits per heavy atom. The van der Waals surface area contributed by atoms with Gasteiger partial charge in [-0.1, -0.05) is 18.2 Å². The van der Waals surface area contributed by atoms with Gasteiger partial charge in [0.1, 0.15) is 5.75 Å². The normalized spacial score (nSPS) is 15.0. The van der Waals surface area contributed by atoms with E-state index < -0.39 is 16.6 Å². The third-order valence-electron chi connectivity index (χ3n) is 6.46. The number of benzene rings is 1. The molecule has 0 bridgehead atoms. The van der Waals surface area contributed by atoms with E-state index in [1.807, 2.05) is 30.2 Å². The minimum absolute atomic E-state index is 0.147. The van der Waals surface area contributed by atoms with Crippen molar-refractivity contribution in [1.82, 2.24) is 23.9 Å². The Labute approximate surface area is 213 Å². The molecule has 1 aliphatic rings. The number of piperazine rings is 1. The quantitative estimate of drug-likeness (QED) is 0.363. The highest BCUT2D eigenvalue weighted by Gasteiger charge is 2.24. The summed E-state index contributed by atoms with van der Waals surface area (Å²) in [7, 11) is -3.20. The Hall–Kier alpha value is -3.64. The number of sulfonamides is 1.